The number of pyridine rings is 1. The highest BCUT2D eigenvalue weighted by Crippen LogP contribution is 2.38. The molecule has 2 unspecified atom stereocenters. The average molecular weight is 232 g/mol. The summed E-state index contributed by atoms with van der Waals surface area (Å²) in [6.45, 7) is 5.78. The fourth-order valence-corrected chi connectivity index (χ4v) is 2.50. The summed E-state index contributed by atoms with van der Waals surface area (Å²) in [6.07, 6.45) is 9.01. The molecule has 1 aromatic heterocycles. The molecule has 0 radical (unpaired) electrons. The van der Waals surface area contributed by atoms with Gasteiger partial charge < -0.3 is 5.32 Å². The summed E-state index contributed by atoms with van der Waals surface area (Å²) in [4.78, 5) is 4.09. The minimum Gasteiger partial charge on any atom is -0.313 e. The number of aromatic nitrogens is 1. The Morgan fingerprint density at radius 1 is 1.35 bits per heavy atom. The molecule has 17 heavy (non-hydrogen) atoms. The Morgan fingerprint density at radius 3 is 2.65 bits per heavy atom. The van der Waals surface area contributed by atoms with E-state index in [4.69, 9.17) is 0 Å². The number of hydrogen-bond donors (Lipinski definition) is 1. The monoisotopic (exact) mass is 232 g/mol. The average Bonchev–Trinajstić information content (AvgIpc) is 3.19. The molecule has 0 aromatic carbocycles. The summed E-state index contributed by atoms with van der Waals surface area (Å²) < 4.78 is 0. The van der Waals surface area contributed by atoms with E-state index in [0.29, 0.717) is 6.04 Å². The van der Waals surface area contributed by atoms with E-state index in [2.05, 4.69) is 36.3 Å². The molecule has 2 nitrogen and oxygen atoms in total. The van der Waals surface area contributed by atoms with Gasteiger partial charge in [-0.05, 0) is 61.8 Å². The number of rotatable bonds is 7. The van der Waals surface area contributed by atoms with Crippen LogP contribution in [0.2, 0.25) is 0 Å². The van der Waals surface area contributed by atoms with Gasteiger partial charge in [-0.3, -0.25) is 4.98 Å². The van der Waals surface area contributed by atoms with E-state index in [1.54, 1.807) is 0 Å². The topological polar surface area (TPSA) is 24.9 Å². The van der Waals surface area contributed by atoms with Gasteiger partial charge in [0.05, 0.1) is 0 Å². The van der Waals surface area contributed by atoms with Crippen molar-refractivity contribution in [3.63, 3.8) is 0 Å². The predicted octanol–water partition coefficient (Wildman–Crippen LogP) is 3.04. The van der Waals surface area contributed by atoms with Crippen LogP contribution in [0.4, 0.5) is 0 Å². The molecule has 1 saturated carbocycles. The third-order valence-corrected chi connectivity index (χ3v) is 3.86. The van der Waals surface area contributed by atoms with Crippen LogP contribution in [0.25, 0.3) is 0 Å². The van der Waals surface area contributed by atoms with Crippen molar-refractivity contribution in [1.29, 1.82) is 0 Å². The molecule has 0 saturated heterocycles. The molecular formula is C15H24N2. The lowest BCUT2D eigenvalue weighted by Gasteiger charge is -2.25. The first-order valence-corrected chi connectivity index (χ1v) is 6.93. The van der Waals surface area contributed by atoms with Crippen LogP contribution in [-0.2, 0) is 6.42 Å². The van der Waals surface area contributed by atoms with Crippen molar-refractivity contribution in [2.24, 2.45) is 11.8 Å². The molecule has 2 heteroatoms. The Hall–Kier alpha value is -0.890. The molecule has 2 rings (SSSR count). The number of nitrogens with one attached hydrogen (secondary N) is 1. The van der Waals surface area contributed by atoms with Crippen LogP contribution in [0.3, 0.4) is 0 Å². The Labute approximate surface area is 105 Å². The molecule has 1 heterocycles. The Kier molecular flexibility index (Phi) is 4.55. The zero-order valence-corrected chi connectivity index (χ0v) is 11.0. The van der Waals surface area contributed by atoms with Crippen molar-refractivity contribution in [1.82, 2.24) is 10.3 Å². The van der Waals surface area contributed by atoms with E-state index in [0.717, 1.165) is 24.8 Å². The molecule has 1 aromatic rings. The van der Waals surface area contributed by atoms with E-state index in [1.165, 1.54) is 24.8 Å². The van der Waals surface area contributed by atoms with Gasteiger partial charge in [0.1, 0.15) is 0 Å². The minimum atomic E-state index is 0.629. The summed E-state index contributed by atoms with van der Waals surface area (Å²) >= 11 is 0. The first-order valence-electron chi connectivity index (χ1n) is 6.93. The summed E-state index contributed by atoms with van der Waals surface area (Å²) in [5.74, 6) is 1.76. The van der Waals surface area contributed by atoms with Crippen molar-refractivity contribution < 1.29 is 0 Å². The Morgan fingerprint density at radius 2 is 2.06 bits per heavy atom. The molecule has 94 valence electrons. The zero-order chi connectivity index (χ0) is 12.1. The highest BCUT2D eigenvalue weighted by Gasteiger charge is 2.32. The first kappa shape index (κ1) is 12.6. The van der Waals surface area contributed by atoms with Crippen LogP contribution in [-0.4, -0.2) is 17.6 Å². The van der Waals surface area contributed by atoms with Crippen LogP contribution in [0, 0.1) is 11.8 Å². The van der Waals surface area contributed by atoms with Gasteiger partial charge in [-0.2, -0.15) is 0 Å². The summed E-state index contributed by atoms with van der Waals surface area (Å²) in [5, 5.41) is 3.72. The second-order valence-electron chi connectivity index (χ2n) is 5.32. The largest absolute Gasteiger partial charge is 0.313 e. The van der Waals surface area contributed by atoms with Gasteiger partial charge >= 0.3 is 0 Å². The van der Waals surface area contributed by atoms with Crippen molar-refractivity contribution in [3.8, 4) is 0 Å². The molecule has 1 aliphatic carbocycles. The van der Waals surface area contributed by atoms with Gasteiger partial charge in [0.25, 0.3) is 0 Å². The van der Waals surface area contributed by atoms with Crippen LogP contribution in [0.15, 0.2) is 24.5 Å². The van der Waals surface area contributed by atoms with Crippen LogP contribution < -0.4 is 5.32 Å². The third-order valence-electron chi connectivity index (χ3n) is 3.86. The molecule has 0 spiro atoms. The van der Waals surface area contributed by atoms with Crippen molar-refractivity contribution in [3.05, 3.63) is 30.1 Å². The van der Waals surface area contributed by atoms with Crippen LogP contribution >= 0.6 is 0 Å². The van der Waals surface area contributed by atoms with Gasteiger partial charge in [-0.15, -0.1) is 0 Å². The van der Waals surface area contributed by atoms with E-state index in [1.807, 2.05) is 12.4 Å². The third kappa shape index (κ3) is 3.81. The van der Waals surface area contributed by atoms with Gasteiger partial charge in [0, 0.05) is 18.4 Å². The van der Waals surface area contributed by atoms with E-state index in [9.17, 15) is 0 Å². The lowest BCUT2D eigenvalue weighted by atomic mass is 9.91. The molecule has 1 fully saturated rings. The molecular weight excluding hydrogens is 208 g/mol. The van der Waals surface area contributed by atoms with Crippen molar-refractivity contribution in [2.45, 2.75) is 45.6 Å². The second-order valence-corrected chi connectivity index (χ2v) is 5.32. The molecule has 2 atom stereocenters. The van der Waals surface area contributed by atoms with E-state index < -0.39 is 0 Å². The zero-order valence-electron chi connectivity index (χ0n) is 11.0. The quantitative estimate of drug-likeness (QED) is 0.781. The normalized spacial score (nSPS) is 18.9. The van der Waals surface area contributed by atoms with Crippen molar-refractivity contribution >= 4 is 0 Å². The molecule has 0 amide bonds. The highest BCUT2D eigenvalue weighted by molar-refractivity contribution is 5.12. The van der Waals surface area contributed by atoms with Crippen LogP contribution in [0.1, 0.15) is 38.7 Å². The molecule has 1 aliphatic rings. The van der Waals surface area contributed by atoms with Gasteiger partial charge in [0.2, 0.25) is 0 Å². The maximum Gasteiger partial charge on any atom is 0.0270 e. The predicted molar refractivity (Wildman–Crippen MR) is 71.9 cm³/mol. The Balaban J connectivity index is 1.94. The van der Waals surface area contributed by atoms with E-state index >= 15 is 0 Å². The summed E-state index contributed by atoms with van der Waals surface area (Å²) in [5.41, 5.74) is 1.40. The van der Waals surface area contributed by atoms with Gasteiger partial charge in [-0.25, -0.2) is 0 Å². The maximum atomic E-state index is 4.09. The lowest BCUT2D eigenvalue weighted by molar-refractivity contribution is 0.339. The standard InChI is InChI=1S/C15H24N2/c1-3-8-17-15(12(2)14-4-5-14)11-13-6-9-16-10-7-13/h6-7,9-10,12,14-15,17H,3-5,8,11H2,1-2H3. The van der Waals surface area contributed by atoms with Crippen molar-refractivity contribution in [2.75, 3.05) is 6.54 Å². The van der Waals surface area contributed by atoms with Gasteiger partial charge in [-0.1, -0.05) is 13.8 Å². The molecule has 1 N–H and O–H groups in total. The number of nitrogens with zero attached hydrogens (tertiary/aromatic N) is 1. The SMILES string of the molecule is CCCNC(Cc1ccncc1)C(C)C1CC1. The minimum absolute atomic E-state index is 0.629. The fourth-order valence-electron chi connectivity index (χ4n) is 2.50. The smallest absolute Gasteiger partial charge is 0.0270 e. The Bertz CT molecular complexity index is 319. The van der Waals surface area contributed by atoms with Gasteiger partial charge in [0.15, 0.2) is 0 Å². The number of hydrogen-bond acceptors (Lipinski definition) is 2. The lowest BCUT2D eigenvalue weighted by Crippen LogP contribution is -2.38. The molecule has 0 aliphatic heterocycles. The summed E-state index contributed by atoms with van der Waals surface area (Å²) in [7, 11) is 0. The van der Waals surface area contributed by atoms with Crippen LogP contribution in [0.5, 0.6) is 0 Å². The highest BCUT2D eigenvalue weighted by atomic mass is 14.9. The maximum absolute atomic E-state index is 4.09. The second kappa shape index (κ2) is 6.15. The van der Waals surface area contributed by atoms with E-state index in [-0.39, 0.29) is 0 Å². The summed E-state index contributed by atoms with van der Waals surface area (Å²) in [6, 6.07) is 4.91. The fraction of sp³-hybridized carbons (Fsp3) is 0.667. The first-order chi connectivity index (χ1) is 8.31. The molecule has 0 bridgehead atoms.